The third-order valence-corrected chi connectivity index (χ3v) is 7.78. The minimum atomic E-state index is -4.87. The van der Waals surface area contributed by atoms with Crippen molar-refractivity contribution >= 4 is 50.7 Å². The zero-order chi connectivity index (χ0) is 29.9. The molecule has 2 amide bonds. The maximum Gasteiger partial charge on any atom is 0.436 e. The van der Waals surface area contributed by atoms with Crippen LogP contribution in [-0.2, 0) is 23.7 Å². The van der Waals surface area contributed by atoms with Crippen LogP contribution in [0.1, 0.15) is 51.9 Å². The summed E-state index contributed by atoms with van der Waals surface area (Å²) in [4.78, 5) is 28.3. The number of carbonyl (C=O) groups excluding carboxylic acids is 2. The van der Waals surface area contributed by atoms with Gasteiger partial charge in [-0.1, -0.05) is 23.7 Å². The Kier molecular flexibility index (Phi) is 7.22. The number of nitrogens with two attached hydrogens (primary N) is 1. The van der Waals surface area contributed by atoms with Crippen LogP contribution in [0.5, 0.6) is 0 Å². The zero-order valence-electron chi connectivity index (χ0n) is 20.5. The van der Waals surface area contributed by atoms with E-state index in [1.54, 1.807) is 0 Å². The van der Waals surface area contributed by atoms with Gasteiger partial charge in [-0.15, -0.1) is 11.3 Å². The summed E-state index contributed by atoms with van der Waals surface area (Å²) >= 11 is 6.49. The first-order valence-corrected chi connectivity index (χ1v) is 13.1. The minimum absolute atomic E-state index is 0.0445. The number of hydrogen-bond donors (Lipinski definition) is 2. The van der Waals surface area contributed by atoms with E-state index in [2.05, 4.69) is 15.4 Å². The predicted molar refractivity (Wildman–Crippen MR) is 136 cm³/mol. The summed E-state index contributed by atoms with van der Waals surface area (Å²) in [5, 5.41) is 5.44. The molecule has 3 N–H and O–H groups in total. The zero-order valence-corrected chi connectivity index (χ0v) is 22.0. The first-order chi connectivity index (χ1) is 19.1. The van der Waals surface area contributed by atoms with Gasteiger partial charge in [-0.2, -0.15) is 31.4 Å². The van der Waals surface area contributed by atoms with Crippen LogP contribution in [-0.4, -0.2) is 26.6 Å². The highest BCUT2D eigenvalue weighted by Crippen LogP contribution is 2.47. The van der Waals surface area contributed by atoms with Crippen molar-refractivity contribution in [2.24, 2.45) is 5.73 Å². The van der Waals surface area contributed by atoms with E-state index in [1.165, 1.54) is 12.1 Å². The molecule has 216 valence electrons. The van der Waals surface area contributed by atoms with E-state index in [4.69, 9.17) is 17.3 Å². The minimum Gasteiger partial charge on any atom is -0.365 e. The molecule has 0 saturated heterocycles. The van der Waals surface area contributed by atoms with Gasteiger partial charge < -0.3 is 11.1 Å². The molecule has 0 radical (unpaired) electrons. The maximum absolute atomic E-state index is 13.6. The van der Waals surface area contributed by atoms with Crippen LogP contribution >= 0.6 is 22.9 Å². The Labute approximate surface area is 235 Å². The van der Waals surface area contributed by atoms with Gasteiger partial charge in [0.2, 0.25) is 5.91 Å². The molecule has 4 aromatic rings. The Balaban J connectivity index is 1.53. The van der Waals surface area contributed by atoms with E-state index in [0.717, 1.165) is 16.8 Å². The summed E-state index contributed by atoms with van der Waals surface area (Å²) < 4.78 is 95.6. The average molecular weight is 620 g/mol. The van der Waals surface area contributed by atoms with Crippen molar-refractivity contribution in [3.63, 3.8) is 0 Å². The van der Waals surface area contributed by atoms with Crippen molar-refractivity contribution < 1.29 is 40.3 Å². The predicted octanol–water partition coefficient (Wildman–Crippen LogP) is 7.00. The molecule has 5 rings (SSSR count). The van der Waals surface area contributed by atoms with Gasteiger partial charge >= 0.3 is 12.4 Å². The van der Waals surface area contributed by atoms with E-state index < -0.39 is 52.8 Å². The van der Waals surface area contributed by atoms with Crippen molar-refractivity contribution in [2.45, 2.75) is 44.1 Å². The Morgan fingerprint density at radius 2 is 1.76 bits per heavy atom. The lowest BCUT2D eigenvalue weighted by molar-refractivity contribution is -0.142. The Bertz CT molecular complexity index is 1670. The van der Waals surface area contributed by atoms with Gasteiger partial charge in [-0.25, -0.2) is 9.37 Å². The Morgan fingerprint density at radius 3 is 2.32 bits per heavy atom. The van der Waals surface area contributed by atoms with Crippen LogP contribution in [0.15, 0.2) is 30.3 Å². The van der Waals surface area contributed by atoms with Crippen LogP contribution in [0.2, 0.25) is 5.02 Å². The van der Waals surface area contributed by atoms with Crippen molar-refractivity contribution in [3.05, 3.63) is 63.1 Å². The number of nitrogens with one attached hydrogen (secondary N) is 1. The highest BCUT2D eigenvalue weighted by Gasteiger charge is 2.42. The largest absolute Gasteiger partial charge is 0.436 e. The van der Waals surface area contributed by atoms with E-state index >= 15 is 0 Å². The number of alkyl halides is 6. The molecule has 0 atom stereocenters. The average Bonchev–Trinajstić information content (AvgIpc) is 3.55. The van der Waals surface area contributed by atoms with Crippen LogP contribution in [0.4, 0.5) is 36.4 Å². The molecule has 1 aromatic carbocycles. The highest BCUT2D eigenvalue weighted by atomic mass is 35.5. The molecule has 1 aliphatic carbocycles. The summed E-state index contributed by atoms with van der Waals surface area (Å²) in [5.74, 6) is -2.74. The quantitative estimate of drug-likeness (QED) is 0.218. The fraction of sp³-hybridized carbons (Fsp3) is 0.280. The molecule has 7 nitrogen and oxygen atoms in total. The lowest BCUT2D eigenvalue weighted by Gasteiger charge is -2.13. The van der Waals surface area contributed by atoms with Gasteiger partial charge in [-0.3, -0.25) is 14.3 Å². The molecule has 16 heteroatoms. The molecule has 1 fully saturated rings. The van der Waals surface area contributed by atoms with E-state index in [-0.39, 0.29) is 50.1 Å². The smallest absolute Gasteiger partial charge is 0.365 e. The Hall–Kier alpha value is -3.72. The summed E-state index contributed by atoms with van der Waals surface area (Å²) in [6, 6.07) is 5.19. The fourth-order valence-electron chi connectivity index (χ4n) is 4.35. The number of aryl methyl sites for hydroxylation is 1. The van der Waals surface area contributed by atoms with E-state index in [1.807, 2.05) is 0 Å². The number of thiophene rings is 1. The van der Waals surface area contributed by atoms with Gasteiger partial charge in [0.05, 0.1) is 22.9 Å². The molecule has 1 aliphatic rings. The number of anilines is 1. The third-order valence-electron chi connectivity index (χ3n) is 6.31. The molecule has 0 bridgehead atoms. The van der Waals surface area contributed by atoms with Crippen molar-refractivity contribution in [3.8, 4) is 11.1 Å². The van der Waals surface area contributed by atoms with Gasteiger partial charge in [0.1, 0.15) is 21.2 Å². The lowest BCUT2D eigenvalue weighted by Crippen LogP contribution is -2.19. The van der Waals surface area contributed by atoms with Crippen molar-refractivity contribution in [2.75, 3.05) is 5.32 Å². The van der Waals surface area contributed by atoms with Gasteiger partial charge in [0.25, 0.3) is 5.91 Å². The van der Waals surface area contributed by atoms with E-state index in [9.17, 15) is 40.3 Å². The second kappa shape index (κ2) is 10.3. The molecule has 41 heavy (non-hydrogen) atoms. The fourth-order valence-corrected chi connectivity index (χ4v) is 5.76. The highest BCUT2D eigenvalue weighted by molar-refractivity contribution is 7.21. The second-order valence-corrected chi connectivity index (χ2v) is 10.6. The van der Waals surface area contributed by atoms with Gasteiger partial charge in [-0.05, 0) is 42.2 Å². The first-order valence-electron chi connectivity index (χ1n) is 11.9. The molecular weight excluding hydrogens is 603 g/mol. The maximum atomic E-state index is 13.6. The number of fused-ring (bicyclic) bond motifs is 1. The molecule has 3 aromatic heterocycles. The number of hydrogen-bond acceptors (Lipinski definition) is 5. The second-order valence-electron chi connectivity index (χ2n) is 9.25. The van der Waals surface area contributed by atoms with E-state index in [0.29, 0.717) is 30.2 Å². The number of carbonyl (C=O) groups is 2. The molecular formula is C25H17ClF7N5O2S. The summed E-state index contributed by atoms with van der Waals surface area (Å²) in [6.07, 6.45) is -8.89. The molecule has 0 spiro atoms. The number of rotatable bonds is 7. The first kappa shape index (κ1) is 28.8. The van der Waals surface area contributed by atoms with Gasteiger partial charge in [0, 0.05) is 17.7 Å². The third kappa shape index (κ3) is 5.73. The number of pyridine rings is 1. The van der Waals surface area contributed by atoms with Crippen molar-refractivity contribution in [1.29, 1.82) is 0 Å². The van der Waals surface area contributed by atoms with Crippen LogP contribution in [0.3, 0.4) is 0 Å². The van der Waals surface area contributed by atoms with Crippen LogP contribution in [0.25, 0.3) is 21.3 Å². The lowest BCUT2D eigenvalue weighted by atomic mass is 10.0. The van der Waals surface area contributed by atoms with Crippen molar-refractivity contribution in [1.82, 2.24) is 14.8 Å². The number of nitrogens with zero attached hydrogens (tertiary/aromatic N) is 3. The van der Waals surface area contributed by atoms with Gasteiger partial charge in [0.15, 0.2) is 5.69 Å². The normalized spacial score (nSPS) is 14.0. The number of aromatic nitrogens is 3. The molecule has 3 heterocycles. The number of primary amides is 1. The number of amides is 2. The number of halogens is 8. The topological polar surface area (TPSA) is 103 Å². The Morgan fingerprint density at radius 1 is 1.10 bits per heavy atom. The SMILES string of the molecule is NC(=O)c1sc2nc(C(F)(F)F)cc(-c3ccc(F)cc3)c2c1NC(=O)CCn1nc(C(F)(F)F)c(Cl)c1C1CC1. The summed E-state index contributed by atoms with van der Waals surface area (Å²) in [6.45, 7) is -0.303. The molecule has 1 saturated carbocycles. The monoisotopic (exact) mass is 619 g/mol. The number of benzene rings is 1. The summed E-state index contributed by atoms with van der Waals surface area (Å²) in [5.41, 5.74) is 2.87. The standard InChI is InChI=1S/C25H17ClF7N5O2S/c26-17-19(11-1-2-11)38(37-21(17)25(31,32)33)8-7-15(39)36-18-16-13(10-3-5-12(27)6-4-10)9-14(24(28,29)30)35-23(16)41-20(18)22(34)40/h3-6,9,11H,1-2,7-8H2,(H2,34,40)(H,36,39). The molecule has 0 unspecified atom stereocenters. The molecule has 0 aliphatic heterocycles. The van der Waals surface area contributed by atoms with Crippen LogP contribution < -0.4 is 11.1 Å². The summed E-state index contributed by atoms with van der Waals surface area (Å²) in [7, 11) is 0. The van der Waals surface area contributed by atoms with Crippen LogP contribution in [0, 0.1) is 5.82 Å².